The Balaban J connectivity index is 2.15. The van der Waals surface area contributed by atoms with Crippen molar-refractivity contribution in [1.29, 1.82) is 0 Å². The van der Waals surface area contributed by atoms with Gasteiger partial charge in [0.1, 0.15) is 0 Å². The van der Waals surface area contributed by atoms with Crippen molar-refractivity contribution in [2.75, 3.05) is 13.2 Å². The van der Waals surface area contributed by atoms with Gasteiger partial charge in [-0.2, -0.15) is 0 Å². The maximum Gasteiger partial charge on any atom is 0.0469 e. The normalized spacial score (nSPS) is 21.6. The number of unbranched alkanes of at least 4 members (excludes halogenated alkanes) is 1. The zero-order valence-corrected chi connectivity index (χ0v) is 10.9. The van der Waals surface area contributed by atoms with E-state index < -0.39 is 0 Å². The van der Waals surface area contributed by atoms with Gasteiger partial charge in [0.05, 0.1) is 0 Å². The Labute approximate surface area is 100 Å². The quantitative estimate of drug-likeness (QED) is 0.531. The first-order valence-corrected chi connectivity index (χ1v) is 6.68. The second kappa shape index (κ2) is 7.86. The molecular weight excluding hydrogens is 198 g/mol. The lowest BCUT2D eigenvalue weighted by Crippen LogP contribution is -2.41. The number of hydrogen-bond donors (Lipinski definition) is 1. The van der Waals surface area contributed by atoms with E-state index in [1.54, 1.807) is 0 Å². The van der Waals surface area contributed by atoms with E-state index in [0.29, 0.717) is 12.1 Å². The average molecular weight is 225 g/mol. The number of hydrogen-bond acceptors (Lipinski definition) is 2. The minimum Gasteiger partial charge on any atom is -0.381 e. The van der Waals surface area contributed by atoms with Crippen LogP contribution in [0, 0.1) is 5.92 Å². The molecule has 1 saturated heterocycles. The van der Waals surface area contributed by atoms with E-state index in [2.05, 4.69) is 25.7 Å². The predicted molar refractivity (Wildman–Crippen MR) is 69.7 cm³/mol. The monoisotopic (exact) mass is 225 g/mol. The van der Waals surface area contributed by atoms with Gasteiger partial charge in [0.2, 0.25) is 0 Å². The highest BCUT2D eigenvalue weighted by Gasteiger charge is 2.21. The molecule has 1 aliphatic rings. The van der Waals surface area contributed by atoms with Gasteiger partial charge in [-0.1, -0.05) is 6.08 Å². The van der Waals surface area contributed by atoms with Crippen LogP contribution in [-0.4, -0.2) is 25.3 Å². The van der Waals surface area contributed by atoms with Crippen LogP contribution in [-0.2, 0) is 4.74 Å². The van der Waals surface area contributed by atoms with Gasteiger partial charge in [-0.15, -0.1) is 6.58 Å². The lowest BCUT2D eigenvalue weighted by Gasteiger charge is -2.30. The summed E-state index contributed by atoms with van der Waals surface area (Å²) in [6, 6.07) is 1.25. The minimum absolute atomic E-state index is 0.623. The van der Waals surface area contributed by atoms with Crippen LogP contribution in [0.4, 0.5) is 0 Å². The molecule has 0 bridgehead atoms. The fourth-order valence-electron chi connectivity index (χ4n) is 2.45. The number of ether oxygens (including phenoxy) is 1. The molecule has 0 aromatic rings. The Morgan fingerprint density at radius 1 is 1.38 bits per heavy atom. The summed E-state index contributed by atoms with van der Waals surface area (Å²) in [5.74, 6) is 0.801. The van der Waals surface area contributed by atoms with E-state index in [1.807, 2.05) is 6.08 Å². The molecule has 0 aromatic heterocycles. The van der Waals surface area contributed by atoms with Gasteiger partial charge in [0.15, 0.2) is 0 Å². The fourth-order valence-corrected chi connectivity index (χ4v) is 2.45. The fraction of sp³-hybridized carbons (Fsp3) is 0.857. The van der Waals surface area contributed by atoms with Gasteiger partial charge < -0.3 is 10.1 Å². The van der Waals surface area contributed by atoms with Crippen LogP contribution in [0.25, 0.3) is 0 Å². The van der Waals surface area contributed by atoms with Crippen LogP contribution in [0.1, 0.15) is 46.0 Å². The van der Waals surface area contributed by atoms with Crippen LogP contribution in [0.5, 0.6) is 0 Å². The second-order valence-electron chi connectivity index (χ2n) is 5.03. The summed E-state index contributed by atoms with van der Waals surface area (Å²) in [6.07, 6.45) is 8.07. The summed E-state index contributed by atoms with van der Waals surface area (Å²) in [5.41, 5.74) is 0. The van der Waals surface area contributed by atoms with Crippen molar-refractivity contribution in [1.82, 2.24) is 5.32 Å². The Kier molecular flexibility index (Phi) is 6.74. The van der Waals surface area contributed by atoms with Crippen molar-refractivity contribution >= 4 is 0 Å². The van der Waals surface area contributed by atoms with Crippen LogP contribution >= 0.6 is 0 Å². The first kappa shape index (κ1) is 13.7. The first-order chi connectivity index (χ1) is 7.74. The van der Waals surface area contributed by atoms with Crippen molar-refractivity contribution in [3.8, 4) is 0 Å². The number of allylic oxidation sites excluding steroid dienone is 1. The summed E-state index contributed by atoms with van der Waals surface area (Å²) in [4.78, 5) is 0. The van der Waals surface area contributed by atoms with Gasteiger partial charge in [-0.25, -0.2) is 0 Å². The standard InChI is InChI=1S/C14H27NO/c1-4-5-6-7-12(2)15-13(3)14-8-10-16-11-9-14/h4,12-15H,1,5-11H2,2-3H3. The molecular formula is C14H27NO. The zero-order valence-electron chi connectivity index (χ0n) is 10.9. The third kappa shape index (κ3) is 5.13. The topological polar surface area (TPSA) is 21.3 Å². The maximum absolute atomic E-state index is 5.40. The van der Waals surface area contributed by atoms with Crippen LogP contribution in [0.15, 0.2) is 12.7 Å². The number of nitrogens with one attached hydrogen (secondary N) is 1. The summed E-state index contributed by atoms with van der Waals surface area (Å²) in [5, 5.41) is 3.72. The Hall–Kier alpha value is -0.340. The van der Waals surface area contributed by atoms with Gasteiger partial charge >= 0.3 is 0 Å². The van der Waals surface area contributed by atoms with E-state index >= 15 is 0 Å². The van der Waals surface area contributed by atoms with Gasteiger partial charge in [0, 0.05) is 25.3 Å². The third-order valence-corrected chi connectivity index (χ3v) is 3.57. The molecule has 1 N–H and O–H groups in total. The van der Waals surface area contributed by atoms with E-state index in [9.17, 15) is 0 Å². The van der Waals surface area contributed by atoms with Crippen molar-refractivity contribution in [2.24, 2.45) is 5.92 Å². The lowest BCUT2D eigenvalue weighted by molar-refractivity contribution is 0.0545. The molecule has 0 amide bonds. The molecule has 0 saturated carbocycles. The molecule has 94 valence electrons. The van der Waals surface area contributed by atoms with Crippen LogP contribution in [0.2, 0.25) is 0 Å². The SMILES string of the molecule is C=CCCCC(C)NC(C)C1CCOCC1. The molecule has 16 heavy (non-hydrogen) atoms. The third-order valence-electron chi connectivity index (χ3n) is 3.57. The van der Waals surface area contributed by atoms with Gasteiger partial charge in [-0.05, 0) is 51.9 Å². The van der Waals surface area contributed by atoms with Crippen LogP contribution in [0.3, 0.4) is 0 Å². The highest BCUT2D eigenvalue weighted by atomic mass is 16.5. The number of rotatable bonds is 7. The summed E-state index contributed by atoms with van der Waals surface area (Å²) in [7, 11) is 0. The molecule has 0 radical (unpaired) electrons. The molecule has 2 heteroatoms. The highest BCUT2D eigenvalue weighted by molar-refractivity contribution is 4.78. The van der Waals surface area contributed by atoms with Crippen molar-refractivity contribution in [3.63, 3.8) is 0 Å². The molecule has 0 aromatic carbocycles. The van der Waals surface area contributed by atoms with Crippen LogP contribution < -0.4 is 5.32 Å². The summed E-state index contributed by atoms with van der Waals surface area (Å²) in [6.45, 7) is 10.3. The lowest BCUT2D eigenvalue weighted by atomic mass is 9.92. The van der Waals surface area contributed by atoms with E-state index in [0.717, 1.165) is 25.6 Å². The van der Waals surface area contributed by atoms with Gasteiger partial charge in [-0.3, -0.25) is 0 Å². The molecule has 1 rings (SSSR count). The molecule has 1 aliphatic heterocycles. The Morgan fingerprint density at radius 3 is 2.69 bits per heavy atom. The molecule has 1 heterocycles. The Morgan fingerprint density at radius 2 is 2.06 bits per heavy atom. The first-order valence-electron chi connectivity index (χ1n) is 6.68. The van der Waals surface area contributed by atoms with Crippen molar-refractivity contribution in [2.45, 2.75) is 58.0 Å². The van der Waals surface area contributed by atoms with Crippen molar-refractivity contribution < 1.29 is 4.74 Å². The molecule has 0 aliphatic carbocycles. The molecule has 0 spiro atoms. The highest BCUT2D eigenvalue weighted by Crippen LogP contribution is 2.19. The van der Waals surface area contributed by atoms with E-state index in [1.165, 1.54) is 25.7 Å². The maximum atomic E-state index is 5.40. The smallest absolute Gasteiger partial charge is 0.0469 e. The minimum atomic E-state index is 0.623. The van der Waals surface area contributed by atoms with Gasteiger partial charge in [0.25, 0.3) is 0 Å². The molecule has 2 atom stereocenters. The molecule has 2 unspecified atom stereocenters. The largest absolute Gasteiger partial charge is 0.381 e. The predicted octanol–water partition coefficient (Wildman–Crippen LogP) is 3.14. The average Bonchev–Trinajstić information content (AvgIpc) is 2.30. The zero-order chi connectivity index (χ0) is 11.8. The second-order valence-corrected chi connectivity index (χ2v) is 5.03. The molecule has 2 nitrogen and oxygen atoms in total. The summed E-state index contributed by atoms with van der Waals surface area (Å²) >= 11 is 0. The summed E-state index contributed by atoms with van der Waals surface area (Å²) < 4.78 is 5.40. The van der Waals surface area contributed by atoms with E-state index in [-0.39, 0.29) is 0 Å². The van der Waals surface area contributed by atoms with E-state index in [4.69, 9.17) is 4.74 Å². The Bertz CT molecular complexity index is 187. The van der Waals surface area contributed by atoms with Crippen molar-refractivity contribution in [3.05, 3.63) is 12.7 Å². The molecule has 1 fully saturated rings.